The van der Waals surface area contributed by atoms with Gasteiger partial charge in [0.15, 0.2) is 5.76 Å². The summed E-state index contributed by atoms with van der Waals surface area (Å²) in [6, 6.07) is 9.10. The molecule has 4 rings (SSSR count). The van der Waals surface area contributed by atoms with Crippen LogP contribution >= 0.6 is 0 Å². The standard InChI is InChI=1S/C14H10N4O3/c19-14-18(16-13(21-14)11-4-3-7-20-11)9-10-8-17-6-2-1-5-12(17)15-10/h1-8H,9H2. The second-order valence-corrected chi connectivity index (χ2v) is 4.51. The molecule has 4 aromatic rings. The van der Waals surface area contributed by atoms with Gasteiger partial charge < -0.3 is 13.2 Å². The Morgan fingerprint density at radius 1 is 1.19 bits per heavy atom. The summed E-state index contributed by atoms with van der Waals surface area (Å²) >= 11 is 0. The van der Waals surface area contributed by atoms with Crippen LogP contribution in [-0.4, -0.2) is 19.2 Å². The van der Waals surface area contributed by atoms with Crippen LogP contribution in [0.5, 0.6) is 0 Å². The van der Waals surface area contributed by atoms with Crippen LogP contribution in [0.25, 0.3) is 17.3 Å². The first-order valence-electron chi connectivity index (χ1n) is 6.34. The van der Waals surface area contributed by atoms with E-state index in [9.17, 15) is 4.79 Å². The van der Waals surface area contributed by atoms with Crippen molar-refractivity contribution in [1.29, 1.82) is 0 Å². The van der Waals surface area contributed by atoms with Crippen LogP contribution in [0.3, 0.4) is 0 Å². The third-order valence-electron chi connectivity index (χ3n) is 3.06. The third kappa shape index (κ3) is 2.04. The summed E-state index contributed by atoms with van der Waals surface area (Å²) in [6.45, 7) is 0.241. The molecule has 0 saturated heterocycles. The van der Waals surface area contributed by atoms with Crippen LogP contribution in [0.15, 0.2) is 62.6 Å². The van der Waals surface area contributed by atoms with Gasteiger partial charge in [-0.15, -0.1) is 5.10 Å². The van der Waals surface area contributed by atoms with E-state index in [0.29, 0.717) is 5.76 Å². The van der Waals surface area contributed by atoms with Crippen LogP contribution < -0.4 is 5.76 Å². The van der Waals surface area contributed by atoms with Gasteiger partial charge in [0.05, 0.1) is 18.5 Å². The van der Waals surface area contributed by atoms with E-state index < -0.39 is 5.76 Å². The molecule has 0 spiro atoms. The summed E-state index contributed by atoms with van der Waals surface area (Å²) in [4.78, 5) is 16.2. The van der Waals surface area contributed by atoms with Gasteiger partial charge in [-0.2, -0.15) is 4.68 Å². The SMILES string of the molecule is O=c1oc(-c2ccco2)nn1Cc1cn2ccccc2n1. The second kappa shape index (κ2) is 4.48. The van der Waals surface area contributed by atoms with Crippen LogP contribution in [0.1, 0.15) is 5.69 Å². The molecule has 7 nitrogen and oxygen atoms in total. The number of hydrogen-bond donors (Lipinski definition) is 0. The van der Waals surface area contributed by atoms with Crippen LogP contribution in [0, 0.1) is 0 Å². The average molecular weight is 282 g/mol. The molecule has 4 heterocycles. The van der Waals surface area contributed by atoms with Gasteiger partial charge in [0.2, 0.25) is 0 Å². The smallest absolute Gasteiger partial charge is 0.437 e. The Kier molecular flexibility index (Phi) is 2.50. The first-order chi connectivity index (χ1) is 10.3. The van der Waals surface area contributed by atoms with E-state index in [1.165, 1.54) is 10.9 Å². The number of fused-ring (bicyclic) bond motifs is 1. The zero-order valence-corrected chi connectivity index (χ0v) is 10.8. The average Bonchev–Trinajstić information content (AvgIpc) is 3.19. The fourth-order valence-corrected chi connectivity index (χ4v) is 2.12. The Morgan fingerprint density at radius 3 is 2.95 bits per heavy atom. The lowest BCUT2D eigenvalue weighted by Crippen LogP contribution is -2.16. The molecule has 0 fully saturated rings. The summed E-state index contributed by atoms with van der Waals surface area (Å²) in [6.07, 6.45) is 5.24. The highest BCUT2D eigenvalue weighted by molar-refractivity contribution is 5.42. The quantitative estimate of drug-likeness (QED) is 0.572. The Morgan fingerprint density at radius 2 is 2.14 bits per heavy atom. The molecule has 0 aliphatic heterocycles. The predicted octanol–water partition coefficient (Wildman–Crippen LogP) is 1.79. The van der Waals surface area contributed by atoms with Crippen LogP contribution in [0.2, 0.25) is 0 Å². The molecule has 0 bridgehead atoms. The lowest BCUT2D eigenvalue weighted by molar-refractivity contribution is 0.476. The molecule has 21 heavy (non-hydrogen) atoms. The molecule has 0 aliphatic carbocycles. The van der Waals surface area contributed by atoms with Crippen molar-refractivity contribution in [2.45, 2.75) is 6.54 Å². The van der Waals surface area contributed by atoms with Crippen molar-refractivity contribution >= 4 is 5.65 Å². The third-order valence-corrected chi connectivity index (χ3v) is 3.06. The van der Waals surface area contributed by atoms with Crippen molar-refractivity contribution in [3.8, 4) is 11.7 Å². The minimum Gasteiger partial charge on any atom is -0.459 e. The number of pyridine rings is 1. The molecule has 0 aromatic carbocycles. The van der Waals surface area contributed by atoms with Crippen molar-refractivity contribution in [3.05, 3.63) is 65.2 Å². The molecule has 4 aromatic heterocycles. The molecule has 0 atom stereocenters. The molecule has 0 N–H and O–H groups in total. The van der Waals surface area contributed by atoms with Gasteiger partial charge in [0, 0.05) is 12.4 Å². The zero-order valence-electron chi connectivity index (χ0n) is 10.8. The number of furan rings is 1. The second-order valence-electron chi connectivity index (χ2n) is 4.51. The van der Waals surface area contributed by atoms with E-state index in [1.54, 1.807) is 12.1 Å². The minimum absolute atomic E-state index is 0.161. The maximum Gasteiger partial charge on any atom is 0.437 e. The predicted molar refractivity (Wildman–Crippen MR) is 72.8 cm³/mol. The molecule has 7 heteroatoms. The van der Waals surface area contributed by atoms with Crippen LogP contribution in [0.4, 0.5) is 0 Å². The maximum atomic E-state index is 11.8. The Bertz CT molecular complexity index is 913. The Labute approximate surface area is 118 Å². The zero-order chi connectivity index (χ0) is 14.2. The monoisotopic (exact) mass is 282 g/mol. The lowest BCUT2D eigenvalue weighted by atomic mass is 10.4. The van der Waals surface area contributed by atoms with Crippen molar-refractivity contribution in [3.63, 3.8) is 0 Å². The van der Waals surface area contributed by atoms with Crippen molar-refractivity contribution < 1.29 is 8.83 Å². The van der Waals surface area contributed by atoms with E-state index in [1.807, 2.05) is 35.0 Å². The van der Waals surface area contributed by atoms with E-state index in [-0.39, 0.29) is 12.4 Å². The van der Waals surface area contributed by atoms with Crippen molar-refractivity contribution in [2.24, 2.45) is 0 Å². The fourth-order valence-electron chi connectivity index (χ4n) is 2.12. The first-order valence-corrected chi connectivity index (χ1v) is 6.34. The normalized spacial score (nSPS) is 11.2. The van der Waals surface area contributed by atoms with Crippen molar-refractivity contribution in [1.82, 2.24) is 19.2 Å². The number of rotatable bonds is 3. The number of aromatic nitrogens is 4. The van der Waals surface area contributed by atoms with Crippen LogP contribution in [-0.2, 0) is 6.54 Å². The topological polar surface area (TPSA) is 78.5 Å². The molecule has 0 saturated carbocycles. The van der Waals surface area contributed by atoms with E-state index in [2.05, 4.69) is 10.1 Å². The Balaban J connectivity index is 1.69. The molecular formula is C14H10N4O3. The van der Waals surface area contributed by atoms with E-state index in [4.69, 9.17) is 8.83 Å². The first kappa shape index (κ1) is 11.7. The van der Waals surface area contributed by atoms with Crippen molar-refractivity contribution in [2.75, 3.05) is 0 Å². The number of nitrogens with zero attached hydrogens (tertiary/aromatic N) is 4. The van der Waals surface area contributed by atoms with Gasteiger partial charge in [-0.1, -0.05) is 6.07 Å². The number of imidazole rings is 1. The van der Waals surface area contributed by atoms with Gasteiger partial charge in [-0.25, -0.2) is 9.78 Å². The molecule has 0 amide bonds. The highest BCUT2D eigenvalue weighted by atomic mass is 16.4. The van der Waals surface area contributed by atoms with E-state index in [0.717, 1.165) is 11.3 Å². The summed E-state index contributed by atoms with van der Waals surface area (Å²) in [7, 11) is 0. The number of hydrogen-bond acceptors (Lipinski definition) is 5. The molecule has 0 radical (unpaired) electrons. The Hall–Kier alpha value is -3.09. The largest absolute Gasteiger partial charge is 0.459 e. The fraction of sp³-hybridized carbons (Fsp3) is 0.0714. The van der Waals surface area contributed by atoms with E-state index >= 15 is 0 Å². The van der Waals surface area contributed by atoms with Gasteiger partial charge in [-0.3, -0.25) is 0 Å². The maximum absolute atomic E-state index is 11.8. The summed E-state index contributed by atoms with van der Waals surface area (Å²) < 4.78 is 13.3. The summed E-state index contributed by atoms with van der Waals surface area (Å²) in [5.41, 5.74) is 1.54. The summed E-state index contributed by atoms with van der Waals surface area (Å²) in [5, 5.41) is 4.11. The summed E-state index contributed by atoms with van der Waals surface area (Å²) in [5.74, 6) is 0.0353. The molecule has 104 valence electrons. The highest BCUT2D eigenvalue weighted by Gasteiger charge is 2.13. The van der Waals surface area contributed by atoms with Gasteiger partial charge in [0.1, 0.15) is 5.65 Å². The molecule has 0 unspecified atom stereocenters. The van der Waals surface area contributed by atoms with Gasteiger partial charge >= 0.3 is 5.76 Å². The molecular weight excluding hydrogens is 272 g/mol. The lowest BCUT2D eigenvalue weighted by Gasteiger charge is -1.92. The van der Waals surface area contributed by atoms with Gasteiger partial charge in [-0.05, 0) is 24.3 Å². The highest BCUT2D eigenvalue weighted by Crippen LogP contribution is 2.15. The minimum atomic E-state index is -0.543. The molecule has 0 aliphatic rings. The van der Waals surface area contributed by atoms with Gasteiger partial charge in [0.25, 0.3) is 5.89 Å².